The molecule has 12 heteroatoms. The lowest BCUT2D eigenvalue weighted by atomic mass is 10.2. The maximum Gasteiger partial charge on any atom is 0.330 e. The van der Waals surface area contributed by atoms with Crippen LogP contribution in [-0.2, 0) is 17.9 Å². The van der Waals surface area contributed by atoms with Crippen LogP contribution in [0, 0.1) is 0 Å². The third kappa shape index (κ3) is 5.21. The first-order valence-corrected chi connectivity index (χ1v) is 11.9. The number of carbonyl (C=O) groups excluding carboxylic acids is 1. The number of furan rings is 1. The summed E-state index contributed by atoms with van der Waals surface area (Å²) in [4.78, 5) is 41.7. The van der Waals surface area contributed by atoms with Gasteiger partial charge in [-0.1, -0.05) is 32.0 Å². The lowest BCUT2D eigenvalue weighted by molar-refractivity contribution is -0.116. The van der Waals surface area contributed by atoms with E-state index in [0.29, 0.717) is 49.2 Å². The zero-order valence-electron chi connectivity index (χ0n) is 19.0. The van der Waals surface area contributed by atoms with Crippen LogP contribution in [0.4, 0.5) is 11.5 Å². The molecule has 33 heavy (non-hydrogen) atoms. The van der Waals surface area contributed by atoms with Gasteiger partial charge in [0.1, 0.15) is 5.82 Å². The van der Waals surface area contributed by atoms with Crippen molar-refractivity contribution in [1.82, 2.24) is 24.3 Å². The van der Waals surface area contributed by atoms with E-state index in [1.807, 2.05) is 25.3 Å². The second kappa shape index (κ2) is 11.0. The molecule has 178 valence electrons. The van der Waals surface area contributed by atoms with Crippen LogP contribution >= 0.6 is 11.8 Å². The van der Waals surface area contributed by atoms with E-state index in [1.165, 1.54) is 21.2 Å². The van der Waals surface area contributed by atoms with Gasteiger partial charge >= 0.3 is 5.69 Å². The summed E-state index contributed by atoms with van der Waals surface area (Å²) in [5, 5.41) is 8.95. The van der Waals surface area contributed by atoms with Crippen LogP contribution in [0.1, 0.15) is 40.0 Å². The Balaban J connectivity index is 1.88. The second-order valence-electron chi connectivity index (χ2n) is 7.36. The van der Waals surface area contributed by atoms with Gasteiger partial charge in [0.05, 0.1) is 12.0 Å². The van der Waals surface area contributed by atoms with E-state index in [9.17, 15) is 14.4 Å². The molecule has 0 aromatic carbocycles. The summed E-state index contributed by atoms with van der Waals surface area (Å²) in [5.41, 5.74) is 4.96. The van der Waals surface area contributed by atoms with E-state index in [-0.39, 0.29) is 23.2 Å². The molecular formula is C21H29N7O4S. The van der Waals surface area contributed by atoms with Gasteiger partial charge < -0.3 is 15.1 Å². The first-order chi connectivity index (χ1) is 15.9. The van der Waals surface area contributed by atoms with Crippen molar-refractivity contribution in [3.8, 4) is 11.6 Å². The SMILES string of the molecule is CCCCN(C(=O)CSc1nnc(-c2ccco2)n1CC)c1c(N)n(CCC)c(=O)[nH]c1=O. The number of carbonyl (C=O) groups is 1. The Kier molecular flexibility index (Phi) is 8.15. The Bertz CT molecular complexity index is 1200. The maximum atomic E-state index is 13.2. The molecule has 0 aliphatic rings. The number of nitrogens with two attached hydrogens (primary N) is 1. The number of amides is 1. The molecule has 0 unspecified atom stereocenters. The number of anilines is 2. The molecule has 3 N–H and O–H groups in total. The number of thioether (sulfide) groups is 1. The molecule has 3 aromatic rings. The topological polar surface area (TPSA) is 145 Å². The average Bonchev–Trinajstić information content (AvgIpc) is 3.46. The summed E-state index contributed by atoms with van der Waals surface area (Å²) < 4.78 is 8.57. The number of nitrogens with zero attached hydrogens (tertiary/aromatic N) is 5. The van der Waals surface area contributed by atoms with E-state index >= 15 is 0 Å². The minimum absolute atomic E-state index is 0.00289. The van der Waals surface area contributed by atoms with Crippen LogP contribution < -0.4 is 21.9 Å². The van der Waals surface area contributed by atoms with Gasteiger partial charge in [-0.3, -0.25) is 23.7 Å². The number of unbranched alkanes of at least 4 members (excludes halogenated alkanes) is 1. The Labute approximate surface area is 195 Å². The van der Waals surface area contributed by atoms with Gasteiger partial charge in [0.2, 0.25) is 5.91 Å². The summed E-state index contributed by atoms with van der Waals surface area (Å²) in [6.07, 6.45) is 3.71. The summed E-state index contributed by atoms with van der Waals surface area (Å²) >= 11 is 1.22. The first-order valence-electron chi connectivity index (χ1n) is 11.0. The Morgan fingerprint density at radius 2 is 2.00 bits per heavy atom. The number of hydrogen-bond acceptors (Lipinski definition) is 8. The van der Waals surface area contributed by atoms with Crippen LogP contribution in [0.5, 0.6) is 0 Å². The van der Waals surface area contributed by atoms with Crippen molar-refractivity contribution in [2.75, 3.05) is 22.9 Å². The molecule has 1 amide bonds. The van der Waals surface area contributed by atoms with Gasteiger partial charge in [-0.05, 0) is 31.9 Å². The Morgan fingerprint density at radius 1 is 1.21 bits per heavy atom. The van der Waals surface area contributed by atoms with Crippen LogP contribution in [0.25, 0.3) is 11.6 Å². The largest absolute Gasteiger partial charge is 0.461 e. The smallest absolute Gasteiger partial charge is 0.330 e. The molecule has 3 aromatic heterocycles. The van der Waals surface area contributed by atoms with Gasteiger partial charge in [0, 0.05) is 19.6 Å². The molecule has 0 spiro atoms. The summed E-state index contributed by atoms with van der Waals surface area (Å²) in [6, 6.07) is 3.56. The van der Waals surface area contributed by atoms with E-state index in [0.717, 1.165) is 6.42 Å². The highest BCUT2D eigenvalue weighted by Gasteiger charge is 2.25. The summed E-state index contributed by atoms with van der Waals surface area (Å²) in [7, 11) is 0. The van der Waals surface area contributed by atoms with Crippen molar-refractivity contribution in [2.45, 2.75) is 58.3 Å². The summed E-state index contributed by atoms with van der Waals surface area (Å²) in [6.45, 7) is 7.08. The normalized spacial score (nSPS) is 11.1. The quantitative estimate of drug-likeness (QED) is 0.402. The minimum Gasteiger partial charge on any atom is -0.461 e. The molecule has 0 radical (unpaired) electrons. The molecule has 0 aliphatic heterocycles. The highest BCUT2D eigenvalue weighted by atomic mass is 32.2. The van der Waals surface area contributed by atoms with Gasteiger partial charge in [-0.2, -0.15) is 0 Å². The van der Waals surface area contributed by atoms with Crippen molar-refractivity contribution in [3.05, 3.63) is 39.2 Å². The second-order valence-corrected chi connectivity index (χ2v) is 8.30. The number of hydrogen-bond donors (Lipinski definition) is 2. The third-order valence-electron chi connectivity index (χ3n) is 5.07. The van der Waals surface area contributed by atoms with Crippen molar-refractivity contribution in [2.24, 2.45) is 0 Å². The molecule has 0 saturated carbocycles. The standard InChI is InChI=1S/C21H29N7O4S/c1-4-7-11-27(16-17(22)28(10-5-2)20(31)23-19(16)30)15(29)13-33-21-25-24-18(26(21)6-3)14-9-8-12-32-14/h8-9,12H,4-7,10-11,13,22H2,1-3H3,(H,23,30,31). The molecule has 11 nitrogen and oxygen atoms in total. The van der Waals surface area contributed by atoms with E-state index in [1.54, 1.807) is 18.4 Å². The van der Waals surface area contributed by atoms with Crippen LogP contribution in [0.2, 0.25) is 0 Å². The first kappa shape index (κ1) is 24.4. The number of aromatic nitrogens is 5. The molecule has 3 heterocycles. The van der Waals surface area contributed by atoms with Crippen molar-refractivity contribution >= 4 is 29.2 Å². The molecule has 0 fully saturated rings. The monoisotopic (exact) mass is 475 g/mol. The van der Waals surface area contributed by atoms with Crippen molar-refractivity contribution < 1.29 is 9.21 Å². The van der Waals surface area contributed by atoms with Gasteiger partial charge in [0.15, 0.2) is 22.4 Å². The van der Waals surface area contributed by atoms with Gasteiger partial charge in [-0.25, -0.2) is 4.79 Å². The van der Waals surface area contributed by atoms with E-state index in [2.05, 4.69) is 15.2 Å². The fourth-order valence-corrected chi connectivity index (χ4v) is 4.31. The highest BCUT2D eigenvalue weighted by Crippen LogP contribution is 2.25. The van der Waals surface area contributed by atoms with Gasteiger partial charge in [-0.15, -0.1) is 10.2 Å². The van der Waals surface area contributed by atoms with E-state index < -0.39 is 11.2 Å². The Morgan fingerprint density at radius 3 is 2.64 bits per heavy atom. The zero-order chi connectivity index (χ0) is 24.0. The molecule has 0 bridgehead atoms. The van der Waals surface area contributed by atoms with Crippen LogP contribution in [0.3, 0.4) is 0 Å². The fraction of sp³-hybridized carbons (Fsp3) is 0.476. The number of H-pyrrole nitrogens is 1. The lowest BCUT2D eigenvalue weighted by Crippen LogP contribution is -2.42. The average molecular weight is 476 g/mol. The zero-order valence-corrected chi connectivity index (χ0v) is 19.9. The van der Waals surface area contributed by atoms with Crippen molar-refractivity contribution in [1.29, 1.82) is 0 Å². The lowest BCUT2D eigenvalue weighted by Gasteiger charge is -2.24. The number of aromatic amines is 1. The minimum atomic E-state index is -0.670. The Hall–Kier alpha value is -3.28. The maximum absolute atomic E-state index is 13.2. The predicted molar refractivity (Wildman–Crippen MR) is 127 cm³/mol. The number of rotatable bonds is 11. The van der Waals surface area contributed by atoms with Crippen molar-refractivity contribution in [3.63, 3.8) is 0 Å². The highest BCUT2D eigenvalue weighted by molar-refractivity contribution is 7.99. The predicted octanol–water partition coefficient (Wildman–Crippen LogP) is 2.33. The summed E-state index contributed by atoms with van der Waals surface area (Å²) in [5.74, 6) is 0.873. The third-order valence-corrected chi connectivity index (χ3v) is 6.02. The number of nitrogens with one attached hydrogen (secondary N) is 1. The van der Waals surface area contributed by atoms with Crippen LogP contribution in [-0.4, -0.2) is 42.5 Å². The molecule has 0 saturated heterocycles. The number of nitrogen functional groups attached to an aromatic ring is 1. The van der Waals surface area contributed by atoms with E-state index in [4.69, 9.17) is 10.2 Å². The van der Waals surface area contributed by atoms with Gasteiger partial charge in [0.25, 0.3) is 5.56 Å². The molecular weight excluding hydrogens is 446 g/mol. The molecule has 3 rings (SSSR count). The molecule has 0 atom stereocenters. The fourth-order valence-electron chi connectivity index (χ4n) is 3.43. The van der Waals surface area contributed by atoms with Crippen LogP contribution in [0.15, 0.2) is 37.6 Å². The molecule has 0 aliphatic carbocycles.